The Hall–Kier alpha value is -3.91. The van der Waals surface area contributed by atoms with Crippen LogP contribution < -0.4 is 4.90 Å². The third kappa shape index (κ3) is 3.25. The van der Waals surface area contributed by atoms with E-state index in [9.17, 15) is 0 Å². The van der Waals surface area contributed by atoms with Gasteiger partial charge in [-0.3, -0.25) is 0 Å². The van der Waals surface area contributed by atoms with Gasteiger partial charge in [0.25, 0.3) is 0 Å². The molecular formula is C30H24N2. The van der Waals surface area contributed by atoms with E-state index in [1.54, 1.807) is 0 Å². The second kappa shape index (κ2) is 7.97. The zero-order chi connectivity index (χ0) is 21.3. The molecule has 6 rings (SSSR count). The van der Waals surface area contributed by atoms with E-state index < -0.39 is 0 Å². The molecule has 0 fully saturated rings. The Morgan fingerprint density at radius 3 is 2.31 bits per heavy atom. The molecule has 1 aliphatic heterocycles. The molecular weight excluding hydrogens is 388 g/mol. The van der Waals surface area contributed by atoms with E-state index in [-0.39, 0.29) is 0 Å². The van der Waals surface area contributed by atoms with Gasteiger partial charge in [-0.25, -0.2) is 4.98 Å². The smallest absolute Gasteiger partial charge is 0.135 e. The van der Waals surface area contributed by atoms with Crippen molar-refractivity contribution in [2.45, 2.75) is 12.8 Å². The summed E-state index contributed by atoms with van der Waals surface area (Å²) in [5.41, 5.74) is 10.5. The molecule has 0 saturated heterocycles. The Balaban J connectivity index is 1.60. The van der Waals surface area contributed by atoms with Gasteiger partial charge in [-0.1, -0.05) is 91.0 Å². The summed E-state index contributed by atoms with van der Waals surface area (Å²) < 4.78 is 0. The van der Waals surface area contributed by atoms with Gasteiger partial charge in [0.15, 0.2) is 0 Å². The molecule has 2 heteroatoms. The molecule has 2 heterocycles. The number of hydrogen-bond acceptors (Lipinski definition) is 2. The highest BCUT2D eigenvalue weighted by Gasteiger charge is 2.32. The van der Waals surface area contributed by atoms with Crippen LogP contribution in [-0.2, 0) is 12.8 Å². The van der Waals surface area contributed by atoms with Gasteiger partial charge in [0.1, 0.15) is 5.82 Å². The molecule has 0 saturated carbocycles. The van der Waals surface area contributed by atoms with E-state index in [2.05, 4.69) is 102 Å². The predicted octanol–water partition coefficient (Wildman–Crippen LogP) is 6.65. The van der Waals surface area contributed by atoms with Crippen molar-refractivity contribution in [3.8, 4) is 0 Å². The fourth-order valence-corrected chi connectivity index (χ4v) is 4.98. The van der Waals surface area contributed by atoms with Crippen molar-refractivity contribution < 1.29 is 0 Å². The molecule has 32 heavy (non-hydrogen) atoms. The first-order valence-corrected chi connectivity index (χ1v) is 11.2. The maximum atomic E-state index is 4.77. The molecule has 2 nitrogen and oxygen atoms in total. The zero-order valence-electron chi connectivity index (χ0n) is 17.9. The summed E-state index contributed by atoms with van der Waals surface area (Å²) in [7, 11) is 0. The van der Waals surface area contributed by atoms with Gasteiger partial charge in [0.2, 0.25) is 0 Å². The predicted molar refractivity (Wildman–Crippen MR) is 133 cm³/mol. The molecule has 0 spiro atoms. The summed E-state index contributed by atoms with van der Waals surface area (Å²) in [5, 5.41) is 0. The van der Waals surface area contributed by atoms with Crippen molar-refractivity contribution in [1.29, 1.82) is 0 Å². The van der Waals surface area contributed by atoms with Gasteiger partial charge < -0.3 is 4.90 Å². The second-order valence-electron chi connectivity index (χ2n) is 8.38. The lowest BCUT2D eigenvalue weighted by molar-refractivity contribution is 0.912. The normalized spacial score (nSPS) is 15.1. The molecule has 0 atom stereocenters. The van der Waals surface area contributed by atoms with Crippen LogP contribution >= 0.6 is 0 Å². The maximum absolute atomic E-state index is 4.77. The highest BCUT2D eigenvalue weighted by Crippen LogP contribution is 2.45. The number of aromatic nitrogens is 1. The van der Waals surface area contributed by atoms with Crippen LogP contribution in [0.15, 0.2) is 109 Å². The van der Waals surface area contributed by atoms with Crippen molar-refractivity contribution in [3.05, 3.63) is 137 Å². The average Bonchev–Trinajstić information content (AvgIpc) is 3.45. The standard InChI is InChI=1S/C30H24N2/c1-3-10-22(11-4-1)20-27(23-12-5-2-6-13-23)29-26-16-8-7-14-25(26)21-28(29)32-19-17-24-15-9-18-31-30(24)32/h1-16,18,20H,17,19,21H2/b27-20+. The first-order valence-electron chi connectivity index (χ1n) is 11.2. The van der Waals surface area contributed by atoms with Crippen LogP contribution in [0.3, 0.4) is 0 Å². The van der Waals surface area contributed by atoms with Crippen LogP contribution in [0.4, 0.5) is 5.82 Å². The van der Waals surface area contributed by atoms with E-state index in [0.29, 0.717) is 0 Å². The molecule has 0 bridgehead atoms. The number of fused-ring (bicyclic) bond motifs is 2. The summed E-state index contributed by atoms with van der Waals surface area (Å²) in [5.74, 6) is 1.11. The van der Waals surface area contributed by atoms with Crippen molar-refractivity contribution >= 4 is 23.0 Å². The highest BCUT2D eigenvalue weighted by atomic mass is 15.2. The number of anilines is 1. The summed E-state index contributed by atoms with van der Waals surface area (Å²) in [6, 6.07) is 34.5. The monoisotopic (exact) mass is 412 g/mol. The van der Waals surface area contributed by atoms with Crippen molar-refractivity contribution in [2.24, 2.45) is 0 Å². The zero-order valence-corrected chi connectivity index (χ0v) is 17.9. The fourth-order valence-electron chi connectivity index (χ4n) is 4.98. The number of rotatable bonds is 4. The Labute approximate surface area is 189 Å². The minimum atomic E-state index is 0.931. The first kappa shape index (κ1) is 18.8. The van der Waals surface area contributed by atoms with Crippen LogP contribution in [0.5, 0.6) is 0 Å². The summed E-state index contributed by atoms with van der Waals surface area (Å²) in [4.78, 5) is 7.22. The topological polar surface area (TPSA) is 16.1 Å². The third-order valence-electron chi connectivity index (χ3n) is 6.45. The minimum Gasteiger partial charge on any atom is -0.329 e. The quantitative estimate of drug-likeness (QED) is 0.349. The largest absolute Gasteiger partial charge is 0.329 e. The molecule has 2 aliphatic rings. The van der Waals surface area contributed by atoms with E-state index in [1.165, 1.54) is 44.7 Å². The molecule has 1 aromatic heterocycles. The molecule has 154 valence electrons. The number of pyridine rings is 1. The summed E-state index contributed by atoms with van der Waals surface area (Å²) in [6.45, 7) is 0.979. The van der Waals surface area contributed by atoms with Gasteiger partial charge in [0, 0.05) is 30.4 Å². The molecule has 0 radical (unpaired) electrons. The maximum Gasteiger partial charge on any atom is 0.135 e. The van der Waals surface area contributed by atoms with E-state index in [4.69, 9.17) is 4.98 Å². The van der Waals surface area contributed by atoms with Crippen molar-refractivity contribution in [3.63, 3.8) is 0 Å². The van der Waals surface area contributed by atoms with Crippen LogP contribution in [-0.4, -0.2) is 11.5 Å². The van der Waals surface area contributed by atoms with E-state index >= 15 is 0 Å². The molecule has 0 unspecified atom stereocenters. The highest BCUT2D eigenvalue weighted by molar-refractivity contribution is 6.14. The van der Waals surface area contributed by atoms with Crippen LogP contribution in [0.2, 0.25) is 0 Å². The van der Waals surface area contributed by atoms with Gasteiger partial charge in [-0.15, -0.1) is 0 Å². The van der Waals surface area contributed by atoms with Gasteiger partial charge in [-0.05, 0) is 52.0 Å². The summed E-state index contributed by atoms with van der Waals surface area (Å²) >= 11 is 0. The Bertz CT molecular complexity index is 1330. The molecule has 3 aromatic carbocycles. The first-order chi connectivity index (χ1) is 15.9. The van der Waals surface area contributed by atoms with Crippen LogP contribution in [0.1, 0.15) is 27.8 Å². The molecule has 0 amide bonds. The van der Waals surface area contributed by atoms with Crippen molar-refractivity contribution in [1.82, 2.24) is 4.98 Å². The fraction of sp³-hybridized carbons (Fsp3) is 0.100. The second-order valence-corrected chi connectivity index (χ2v) is 8.38. The Morgan fingerprint density at radius 1 is 0.750 bits per heavy atom. The Morgan fingerprint density at radius 2 is 1.47 bits per heavy atom. The lowest BCUT2D eigenvalue weighted by atomic mass is 9.91. The molecule has 4 aromatic rings. The summed E-state index contributed by atoms with van der Waals surface area (Å²) in [6.07, 6.45) is 6.22. The van der Waals surface area contributed by atoms with E-state index in [1.807, 2.05) is 12.3 Å². The SMILES string of the molecule is C(=C(\C1=C(N2CCc3cccnc32)Cc2ccccc21)c1ccccc1)/c1ccccc1. The van der Waals surface area contributed by atoms with Gasteiger partial charge >= 0.3 is 0 Å². The van der Waals surface area contributed by atoms with Gasteiger partial charge in [0.05, 0.1) is 0 Å². The Kier molecular flexibility index (Phi) is 4.69. The number of benzene rings is 3. The molecule has 1 aliphatic carbocycles. The average molecular weight is 413 g/mol. The van der Waals surface area contributed by atoms with Crippen LogP contribution in [0, 0.1) is 0 Å². The lowest BCUT2D eigenvalue weighted by Crippen LogP contribution is -2.21. The van der Waals surface area contributed by atoms with Crippen LogP contribution in [0.25, 0.3) is 17.2 Å². The number of nitrogens with zero attached hydrogens (tertiary/aromatic N) is 2. The lowest BCUT2D eigenvalue weighted by Gasteiger charge is -2.23. The van der Waals surface area contributed by atoms with Crippen molar-refractivity contribution in [2.75, 3.05) is 11.4 Å². The third-order valence-corrected chi connectivity index (χ3v) is 6.45. The van der Waals surface area contributed by atoms with E-state index in [0.717, 1.165) is 25.2 Å². The number of hydrogen-bond donors (Lipinski definition) is 0. The number of allylic oxidation sites excluding steroid dienone is 3. The minimum absolute atomic E-state index is 0.931. The van der Waals surface area contributed by atoms with Gasteiger partial charge in [-0.2, -0.15) is 0 Å². The molecule has 0 N–H and O–H groups in total.